The molecule has 1 N–H and O–H groups in total. The van der Waals surface area contributed by atoms with Crippen molar-refractivity contribution in [2.24, 2.45) is 5.92 Å². The maximum absolute atomic E-state index is 13.6. The van der Waals surface area contributed by atoms with Crippen LogP contribution in [0.25, 0.3) is 0 Å². The maximum atomic E-state index is 13.6. The lowest BCUT2D eigenvalue weighted by Gasteiger charge is -2.40. The molecule has 0 aromatic heterocycles. The third kappa shape index (κ3) is 5.98. The zero-order chi connectivity index (χ0) is 25.9. The van der Waals surface area contributed by atoms with Gasteiger partial charge in [0.2, 0.25) is 11.8 Å². The van der Waals surface area contributed by atoms with Crippen LogP contribution in [0.2, 0.25) is 0 Å². The highest BCUT2D eigenvalue weighted by Gasteiger charge is 2.40. The molecule has 1 fully saturated rings. The van der Waals surface area contributed by atoms with Crippen LogP contribution in [0.3, 0.4) is 0 Å². The first-order valence-electron chi connectivity index (χ1n) is 12.4. The average Bonchev–Trinajstić information content (AvgIpc) is 2.86. The number of fused-ring (bicyclic) bond motifs is 1. The Bertz CT molecular complexity index is 1120. The van der Waals surface area contributed by atoms with E-state index < -0.39 is 17.7 Å². The summed E-state index contributed by atoms with van der Waals surface area (Å²) in [4.78, 5) is 42.9. The Labute approximate surface area is 212 Å². The number of rotatable bonds is 4. The molecular weight excluding hydrogens is 458 g/mol. The van der Waals surface area contributed by atoms with Gasteiger partial charge in [-0.15, -0.1) is 0 Å². The lowest BCUT2D eigenvalue weighted by atomic mass is 9.91. The summed E-state index contributed by atoms with van der Waals surface area (Å²) in [6.45, 7) is 6.73. The molecule has 0 aliphatic carbocycles. The van der Waals surface area contributed by atoms with E-state index in [1.165, 1.54) is 0 Å². The van der Waals surface area contributed by atoms with Crippen LogP contribution in [-0.4, -0.2) is 59.5 Å². The van der Waals surface area contributed by atoms with Gasteiger partial charge in [-0.25, -0.2) is 4.79 Å². The molecule has 0 spiro atoms. The van der Waals surface area contributed by atoms with Gasteiger partial charge in [0.1, 0.15) is 17.4 Å². The molecule has 2 aliphatic heterocycles. The van der Waals surface area contributed by atoms with E-state index in [1.54, 1.807) is 23.0 Å². The number of carbonyl (C=O) groups excluding carboxylic acids is 3. The van der Waals surface area contributed by atoms with Gasteiger partial charge in [-0.05, 0) is 56.9 Å². The summed E-state index contributed by atoms with van der Waals surface area (Å²) in [6.07, 6.45) is 1.10. The summed E-state index contributed by atoms with van der Waals surface area (Å²) in [6, 6.07) is 14.5. The Morgan fingerprint density at radius 2 is 1.67 bits per heavy atom. The number of carbonyl (C=O) groups is 3. The van der Waals surface area contributed by atoms with Gasteiger partial charge in [0.05, 0.1) is 13.7 Å². The molecule has 192 valence electrons. The van der Waals surface area contributed by atoms with E-state index in [1.807, 2.05) is 63.2 Å². The molecule has 0 unspecified atom stereocenters. The van der Waals surface area contributed by atoms with Crippen LogP contribution < -0.4 is 10.1 Å². The number of methoxy groups -OCH3 is 1. The highest BCUT2D eigenvalue weighted by atomic mass is 16.6. The number of amides is 3. The van der Waals surface area contributed by atoms with Crippen molar-refractivity contribution in [1.29, 1.82) is 0 Å². The highest BCUT2D eigenvalue weighted by molar-refractivity contribution is 5.93. The summed E-state index contributed by atoms with van der Waals surface area (Å²) in [7, 11) is 1.59. The normalized spacial score (nSPS) is 18.3. The third-order valence-electron chi connectivity index (χ3n) is 6.68. The van der Waals surface area contributed by atoms with Crippen LogP contribution in [0.15, 0.2) is 48.5 Å². The molecule has 0 radical (unpaired) electrons. The van der Waals surface area contributed by atoms with Gasteiger partial charge in [0, 0.05) is 37.2 Å². The molecule has 2 aromatic carbocycles. The van der Waals surface area contributed by atoms with Crippen LogP contribution in [-0.2, 0) is 27.3 Å². The topological polar surface area (TPSA) is 88.2 Å². The van der Waals surface area contributed by atoms with Gasteiger partial charge in [-0.3, -0.25) is 14.5 Å². The molecule has 2 heterocycles. The predicted octanol–water partition coefficient (Wildman–Crippen LogP) is 4.23. The summed E-state index contributed by atoms with van der Waals surface area (Å²) < 4.78 is 10.9. The van der Waals surface area contributed by atoms with Crippen molar-refractivity contribution in [2.75, 3.05) is 25.5 Å². The molecule has 4 rings (SSSR count). The van der Waals surface area contributed by atoms with E-state index in [0.29, 0.717) is 50.3 Å². The lowest BCUT2D eigenvalue weighted by molar-refractivity contribution is -0.140. The van der Waals surface area contributed by atoms with Crippen LogP contribution in [0.1, 0.15) is 44.7 Å². The number of likely N-dealkylation sites (tertiary alicyclic amines) is 1. The van der Waals surface area contributed by atoms with Crippen molar-refractivity contribution in [1.82, 2.24) is 9.80 Å². The van der Waals surface area contributed by atoms with Crippen molar-refractivity contribution >= 4 is 23.6 Å². The van der Waals surface area contributed by atoms with E-state index >= 15 is 0 Å². The molecule has 8 heteroatoms. The van der Waals surface area contributed by atoms with E-state index in [2.05, 4.69) is 5.32 Å². The van der Waals surface area contributed by atoms with Gasteiger partial charge in [-0.1, -0.05) is 30.3 Å². The molecule has 0 bridgehead atoms. The van der Waals surface area contributed by atoms with Crippen LogP contribution in [0.5, 0.6) is 5.75 Å². The second-order valence-corrected chi connectivity index (χ2v) is 10.4. The largest absolute Gasteiger partial charge is 0.497 e. The molecule has 2 aromatic rings. The summed E-state index contributed by atoms with van der Waals surface area (Å²) in [5.41, 5.74) is 2.13. The first-order valence-corrected chi connectivity index (χ1v) is 12.4. The molecule has 36 heavy (non-hydrogen) atoms. The Morgan fingerprint density at radius 1 is 0.972 bits per heavy atom. The number of hydrogen-bond donors (Lipinski definition) is 1. The fraction of sp³-hybridized carbons (Fsp3) is 0.464. The van der Waals surface area contributed by atoms with E-state index in [-0.39, 0.29) is 17.7 Å². The Morgan fingerprint density at radius 3 is 2.33 bits per heavy atom. The summed E-state index contributed by atoms with van der Waals surface area (Å²) in [5.74, 6) is 0.338. The van der Waals surface area contributed by atoms with Gasteiger partial charge < -0.3 is 19.7 Å². The number of anilines is 1. The van der Waals surface area contributed by atoms with Gasteiger partial charge in [0.15, 0.2) is 0 Å². The highest BCUT2D eigenvalue weighted by Crippen LogP contribution is 2.28. The molecular formula is C28H35N3O5. The molecule has 2 aliphatic rings. The Hall–Kier alpha value is -3.55. The van der Waals surface area contributed by atoms with Crippen LogP contribution >= 0.6 is 0 Å². The van der Waals surface area contributed by atoms with Crippen molar-refractivity contribution in [2.45, 2.75) is 58.2 Å². The molecule has 8 nitrogen and oxygen atoms in total. The molecule has 1 atom stereocenters. The first-order chi connectivity index (χ1) is 17.1. The van der Waals surface area contributed by atoms with Gasteiger partial charge in [-0.2, -0.15) is 0 Å². The van der Waals surface area contributed by atoms with Gasteiger partial charge in [0.25, 0.3) is 0 Å². The standard InChI is InChI=1S/C28H35N3O5/c1-28(2,3)36-27(34)31-18-21-9-6-5-8-20(21)16-24(31)26(33)30-14-12-19(13-15-30)25(32)29-22-10-7-11-23(17-22)35-4/h5-11,17,19,24H,12-16,18H2,1-4H3,(H,29,32)/t24-/m0/s1. The van der Waals surface area contributed by atoms with Crippen LogP contribution in [0, 0.1) is 5.92 Å². The fourth-order valence-electron chi connectivity index (χ4n) is 4.77. The lowest BCUT2D eigenvalue weighted by Crippen LogP contribution is -2.56. The number of benzene rings is 2. The number of piperidine rings is 1. The van der Waals surface area contributed by atoms with E-state index in [9.17, 15) is 14.4 Å². The third-order valence-corrected chi connectivity index (χ3v) is 6.68. The van der Waals surface area contributed by atoms with Crippen LogP contribution in [0.4, 0.5) is 10.5 Å². The predicted molar refractivity (Wildman–Crippen MR) is 137 cm³/mol. The molecule has 1 saturated heterocycles. The second-order valence-electron chi connectivity index (χ2n) is 10.4. The SMILES string of the molecule is COc1cccc(NC(=O)C2CCN(C(=O)[C@@H]3Cc4ccccc4CN3C(=O)OC(C)(C)C)CC2)c1. The fourth-order valence-corrected chi connectivity index (χ4v) is 4.77. The van der Waals surface area contributed by atoms with Crippen molar-refractivity contribution in [3.8, 4) is 5.75 Å². The minimum atomic E-state index is -0.657. The molecule has 3 amide bonds. The minimum Gasteiger partial charge on any atom is -0.497 e. The zero-order valence-electron chi connectivity index (χ0n) is 21.5. The van der Waals surface area contributed by atoms with Gasteiger partial charge >= 0.3 is 6.09 Å². The quantitative estimate of drug-likeness (QED) is 0.689. The number of nitrogens with one attached hydrogen (secondary N) is 1. The number of ether oxygens (including phenoxy) is 2. The average molecular weight is 494 g/mol. The summed E-state index contributed by atoms with van der Waals surface area (Å²) in [5, 5.41) is 2.96. The monoisotopic (exact) mass is 493 g/mol. The first kappa shape index (κ1) is 25.5. The van der Waals surface area contributed by atoms with E-state index in [4.69, 9.17) is 9.47 Å². The van der Waals surface area contributed by atoms with Crippen molar-refractivity contribution in [3.63, 3.8) is 0 Å². The molecule has 0 saturated carbocycles. The smallest absolute Gasteiger partial charge is 0.411 e. The number of hydrogen-bond acceptors (Lipinski definition) is 5. The van der Waals surface area contributed by atoms with Crippen molar-refractivity contribution < 1.29 is 23.9 Å². The summed E-state index contributed by atoms with van der Waals surface area (Å²) >= 11 is 0. The number of nitrogens with zero attached hydrogens (tertiary/aromatic N) is 2. The minimum absolute atomic E-state index is 0.0580. The maximum Gasteiger partial charge on any atom is 0.411 e. The van der Waals surface area contributed by atoms with E-state index in [0.717, 1.165) is 11.1 Å². The Kier molecular flexibility index (Phi) is 7.52. The second kappa shape index (κ2) is 10.6. The zero-order valence-corrected chi connectivity index (χ0v) is 21.5. The Balaban J connectivity index is 1.41. The van der Waals surface area contributed by atoms with Crippen molar-refractivity contribution in [3.05, 3.63) is 59.7 Å².